The molecule has 7 nitrogen and oxygen atoms in total. The second-order valence-electron chi connectivity index (χ2n) is 10.6. The molecular weight excluding hydrogens is 484 g/mol. The highest BCUT2D eigenvalue weighted by molar-refractivity contribution is 5.85. The number of hydrogen-bond acceptors (Lipinski definition) is 5. The Hall–Kier alpha value is -2.77. The van der Waals surface area contributed by atoms with E-state index >= 15 is 0 Å². The van der Waals surface area contributed by atoms with Gasteiger partial charge in [0.1, 0.15) is 5.78 Å². The molecule has 214 valence electrons. The summed E-state index contributed by atoms with van der Waals surface area (Å²) in [6.07, 6.45) is 13.3. The number of ketones is 1. The summed E-state index contributed by atoms with van der Waals surface area (Å²) < 4.78 is 0. The van der Waals surface area contributed by atoms with Gasteiger partial charge in [-0.2, -0.15) is 0 Å². The lowest BCUT2D eigenvalue weighted by Gasteiger charge is -2.25. The van der Waals surface area contributed by atoms with E-state index in [4.69, 9.17) is 10.2 Å². The molecule has 0 rings (SSSR count). The van der Waals surface area contributed by atoms with E-state index in [-0.39, 0.29) is 30.0 Å². The first kappa shape index (κ1) is 35.2. The van der Waals surface area contributed by atoms with Crippen LogP contribution in [0.4, 0.5) is 0 Å². The Morgan fingerprint density at radius 1 is 0.868 bits per heavy atom. The number of carboxylic acid groups (broad SMARTS) is 2. The molecule has 0 fully saturated rings. The number of aliphatic hydroxyl groups is 2. The predicted molar refractivity (Wildman–Crippen MR) is 152 cm³/mol. The van der Waals surface area contributed by atoms with Crippen LogP contribution in [0.15, 0.2) is 59.3 Å². The highest BCUT2D eigenvalue weighted by Crippen LogP contribution is 2.24. The van der Waals surface area contributed by atoms with Gasteiger partial charge in [-0.25, -0.2) is 4.79 Å². The van der Waals surface area contributed by atoms with Crippen LogP contribution in [0.3, 0.4) is 0 Å². The van der Waals surface area contributed by atoms with Crippen molar-refractivity contribution in [3.8, 4) is 0 Å². The molecule has 7 heteroatoms. The van der Waals surface area contributed by atoms with Gasteiger partial charge in [-0.15, -0.1) is 0 Å². The Bertz CT molecular complexity index is 923. The van der Waals surface area contributed by atoms with E-state index in [2.05, 4.69) is 19.1 Å². The maximum Gasteiger partial charge on any atom is 0.328 e. The fourth-order valence-electron chi connectivity index (χ4n) is 4.37. The summed E-state index contributed by atoms with van der Waals surface area (Å²) in [5.74, 6) is -2.84. The van der Waals surface area contributed by atoms with Crippen molar-refractivity contribution in [2.75, 3.05) is 0 Å². The SMILES string of the molecule is CC(=C/[C@H](C)C/C=C/C(C)=C/[C@@H](C)C(=O)[C@@H](C)[C@H](O)[C@@H](C)C/C(C)=C/C(=O)O)/C=C/[C@H](O)CCCC(=O)O. The summed E-state index contributed by atoms with van der Waals surface area (Å²) in [5.41, 5.74) is 2.63. The molecule has 0 aliphatic rings. The normalized spacial score (nSPS) is 18.3. The third kappa shape index (κ3) is 16.2. The minimum absolute atomic E-state index is 0.0534. The van der Waals surface area contributed by atoms with Gasteiger partial charge in [0.15, 0.2) is 0 Å². The van der Waals surface area contributed by atoms with Crippen molar-refractivity contribution < 1.29 is 34.8 Å². The van der Waals surface area contributed by atoms with Gasteiger partial charge in [-0.05, 0) is 58.3 Å². The molecule has 0 bridgehead atoms. The molecule has 0 saturated carbocycles. The average Bonchev–Trinajstić information content (AvgIpc) is 2.80. The molecule has 0 saturated heterocycles. The number of aliphatic carboxylic acids is 2. The topological polar surface area (TPSA) is 132 Å². The van der Waals surface area contributed by atoms with Crippen molar-refractivity contribution in [2.45, 2.75) is 92.8 Å². The molecule has 0 aromatic rings. The van der Waals surface area contributed by atoms with Crippen molar-refractivity contribution in [3.63, 3.8) is 0 Å². The highest BCUT2D eigenvalue weighted by Gasteiger charge is 2.29. The van der Waals surface area contributed by atoms with Gasteiger partial charge in [0.05, 0.1) is 12.2 Å². The number of allylic oxidation sites excluding steroid dienone is 8. The van der Waals surface area contributed by atoms with Gasteiger partial charge in [0.25, 0.3) is 0 Å². The van der Waals surface area contributed by atoms with Crippen molar-refractivity contribution >= 4 is 17.7 Å². The number of carbonyl (C=O) groups excluding carboxylic acids is 1. The van der Waals surface area contributed by atoms with E-state index < -0.39 is 30.1 Å². The Balaban J connectivity index is 4.84. The van der Waals surface area contributed by atoms with Crippen LogP contribution in [0.1, 0.15) is 80.6 Å². The van der Waals surface area contributed by atoms with Crippen LogP contribution in [0, 0.1) is 23.7 Å². The molecule has 0 heterocycles. The molecular formula is C31H48O7. The van der Waals surface area contributed by atoms with Gasteiger partial charge in [0, 0.05) is 24.3 Å². The second kappa shape index (κ2) is 18.5. The molecule has 0 aromatic heterocycles. The largest absolute Gasteiger partial charge is 0.481 e. The van der Waals surface area contributed by atoms with Crippen LogP contribution >= 0.6 is 0 Å². The zero-order valence-electron chi connectivity index (χ0n) is 24.1. The summed E-state index contributed by atoms with van der Waals surface area (Å²) in [5, 5.41) is 38.1. The summed E-state index contributed by atoms with van der Waals surface area (Å²) in [7, 11) is 0. The van der Waals surface area contributed by atoms with E-state index in [1.54, 1.807) is 19.9 Å². The number of Topliss-reactive ketones (excluding diaryl/α,β-unsaturated/α-hetero) is 1. The molecule has 0 aliphatic carbocycles. The van der Waals surface area contributed by atoms with Crippen LogP contribution in [0.5, 0.6) is 0 Å². The van der Waals surface area contributed by atoms with Gasteiger partial charge >= 0.3 is 11.9 Å². The fourth-order valence-corrected chi connectivity index (χ4v) is 4.37. The Kier molecular flexibility index (Phi) is 17.1. The van der Waals surface area contributed by atoms with Crippen LogP contribution in [0.25, 0.3) is 0 Å². The van der Waals surface area contributed by atoms with Crippen LogP contribution in [-0.4, -0.2) is 50.4 Å². The molecule has 0 aliphatic heterocycles. The van der Waals surface area contributed by atoms with E-state index in [9.17, 15) is 24.6 Å². The molecule has 6 atom stereocenters. The highest BCUT2D eigenvalue weighted by atomic mass is 16.4. The Morgan fingerprint density at radius 3 is 2.05 bits per heavy atom. The van der Waals surface area contributed by atoms with E-state index in [0.717, 1.165) is 23.6 Å². The second-order valence-corrected chi connectivity index (χ2v) is 10.6. The zero-order chi connectivity index (χ0) is 29.4. The lowest BCUT2D eigenvalue weighted by Crippen LogP contribution is -2.34. The van der Waals surface area contributed by atoms with Crippen LogP contribution in [0.2, 0.25) is 0 Å². The van der Waals surface area contributed by atoms with Gasteiger partial charge in [-0.3, -0.25) is 9.59 Å². The van der Waals surface area contributed by atoms with Crippen molar-refractivity contribution in [3.05, 3.63) is 59.3 Å². The Labute approximate surface area is 228 Å². The van der Waals surface area contributed by atoms with E-state index in [1.807, 2.05) is 45.9 Å². The van der Waals surface area contributed by atoms with E-state index in [0.29, 0.717) is 24.8 Å². The van der Waals surface area contributed by atoms with Crippen LogP contribution < -0.4 is 0 Å². The minimum Gasteiger partial charge on any atom is -0.481 e. The minimum atomic E-state index is -1.02. The standard InChI is InChI=1S/C31H48O7/c1-20(16-22(3)14-15-27(32)12-9-13-28(33)34)10-8-11-21(2)17-24(5)30(37)26(7)31(38)25(6)18-23(4)19-29(35)36/h8,11,14-17,19-20,24-27,31-32,38H,9-10,12-13,18H2,1-7H3,(H,33,34)(H,35,36)/b11-8+,15-14+,21-17+,22-16-,23-19+/t20-,24-,25+,26-,27-,31-/m1/s1. The van der Waals surface area contributed by atoms with Crippen molar-refractivity contribution in [1.29, 1.82) is 0 Å². The van der Waals surface area contributed by atoms with Crippen molar-refractivity contribution in [2.24, 2.45) is 23.7 Å². The first-order chi connectivity index (χ1) is 17.6. The predicted octanol–water partition coefficient (Wildman–Crippen LogP) is 5.89. The summed E-state index contributed by atoms with van der Waals surface area (Å²) >= 11 is 0. The number of carbonyl (C=O) groups is 3. The lowest BCUT2D eigenvalue weighted by atomic mass is 9.83. The lowest BCUT2D eigenvalue weighted by molar-refractivity contribution is -0.137. The number of aliphatic hydroxyl groups excluding tert-OH is 2. The van der Waals surface area contributed by atoms with Gasteiger partial charge in [-0.1, -0.05) is 80.9 Å². The molecule has 4 N–H and O–H groups in total. The zero-order valence-corrected chi connectivity index (χ0v) is 24.1. The molecule has 0 spiro atoms. The van der Waals surface area contributed by atoms with Crippen LogP contribution in [-0.2, 0) is 14.4 Å². The van der Waals surface area contributed by atoms with Crippen molar-refractivity contribution in [1.82, 2.24) is 0 Å². The molecule has 0 radical (unpaired) electrons. The molecule has 0 aromatic carbocycles. The molecule has 0 amide bonds. The van der Waals surface area contributed by atoms with Gasteiger partial charge in [0.2, 0.25) is 0 Å². The quantitative estimate of drug-likeness (QED) is 0.128. The Morgan fingerprint density at radius 2 is 1.47 bits per heavy atom. The third-order valence-electron chi connectivity index (χ3n) is 6.43. The number of carboxylic acids is 2. The first-order valence-corrected chi connectivity index (χ1v) is 13.4. The third-order valence-corrected chi connectivity index (χ3v) is 6.43. The summed E-state index contributed by atoms with van der Waals surface area (Å²) in [6.45, 7) is 13.0. The first-order valence-electron chi connectivity index (χ1n) is 13.4. The summed E-state index contributed by atoms with van der Waals surface area (Å²) in [6, 6.07) is 0. The molecule has 0 unspecified atom stereocenters. The monoisotopic (exact) mass is 532 g/mol. The maximum absolute atomic E-state index is 12.9. The fraction of sp³-hybridized carbons (Fsp3) is 0.581. The van der Waals surface area contributed by atoms with Gasteiger partial charge < -0.3 is 20.4 Å². The average molecular weight is 533 g/mol. The molecule has 38 heavy (non-hydrogen) atoms. The number of rotatable bonds is 18. The van der Waals surface area contributed by atoms with E-state index in [1.165, 1.54) is 0 Å². The number of hydrogen-bond donors (Lipinski definition) is 4. The summed E-state index contributed by atoms with van der Waals surface area (Å²) in [4.78, 5) is 34.3. The smallest absolute Gasteiger partial charge is 0.328 e. The maximum atomic E-state index is 12.9.